The summed E-state index contributed by atoms with van der Waals surface area (Å²) in [6.45, 7) is 1.68. The van der Waals surface area contributed by atoms with E-state index in [1.165, 1.54) is 6.20 Å². The fraction of sp³-hybridized carbons (Fsp3) is 0.300. The van der Waals surface area contributed by atoms with Crippen LogP contribution in [0.4, 0.5) is 0 Å². The molecule has 0 amide bonds. The van der Waals surface area contributed by atoms with E-state index >= 15 is 0 Å². The Morgan fingerprint density at radius 1 is 1.50 bits per heavy atom. The van der Waals surface area contributed by atoms with Crippen LogP contribution < -0.4 is 0 Å². The van der Waals surface area contributed by atoms with Gasteiger partial charge < -0.3 is 9.52 Å². The number of aliphatic hydroxyl groups excluding tert-OH is 1. The number of hydrogen-bond donors (Lipinski definition) is 1. The molecule has 16 heavy (non-hydrogen) atoms. The molecule has 0 aliphatic carbocycles. The van der Waals surface area contributed by atoms with E-state index in [0.29, 0.717) is 23.7 Å². The third kappa shape index (κ3) is 2.56. The molecule has 1 atom stereocenters. The number of halogens is 1. The van der Waals surface area contributed by atoms with Crippen molar-refractivity contribution in [3.05, 3.63) is 29.6 Å². The zero-order valence-electron chi connectivity index (χ0n) is 8.59. The summed E-state index contributed by atoms with van der Waals surface area (Å²) in [6.07, 6.45) is 3.02. The molecular weight excluding hydrogens is 230 g/mol. The van der Waals surface area contributed by atoms with Crippen molar-refractivity contribution >= 4 is 11.6 Å². The second-order valence-corrected chi connectivity index (χ2v) is 3.71. The summed E-state index contributed by atoms with van der Waals surface area (Å²) >= 11 is 5.57. The van der Waals surface area contributed by atoms with Crippen molar-refractivity contribution in [2.45, 2.75) is 19.4 Å². The van der Waals surface area contributed by atoms with Gasteiger partial charge in [-0.25, -0.2) is 15.0 Å². The van der Waals surface area contributed by atoms with Crippen LogP contribution in [0.15, 0.2) is 22.9 Å². The standard InChI is InChI=1S/C10H10ClN3O2/c1-6(15)4-9-12-3-2-7(14-9)8-5-13-10(11)16-8/h2-3,5-6,15H,4H2,1H3. The Hall–Kier alpha value is -1.46. The quantitative estimate of drug-likeness (QED) is 0.883. The van der Waals surface area contributed by atoms with Crippen molar-refractivity contribution in [1.82, 2.24) is 15.0 Å². The van der Waals surface area contributed by atoms with Gasteiger partial charge in [0.2, 0.25) is 0 Å². The minimum Gasteiger partial charge on any atom is -0.426 e. The van der Waals surface area contributed by atoms with Crippen molar-refractivity contribution in [2.24, 2.45) is 0 Å². The Balaban J connectivity index is 2.28. The number of oxazole rings is 1. The summed E-state index contributed by atoms with van der Waals surface area (Å²) < 4.78 is 5.13. The molecule has 0 aromatic carbocycles. The molecule has 0 bridgehead atoms. The van der Waals surface area contributed by atoms with Crippen molar-refractivity contribution < 1.29 is 9.52 Å². The summed E-state index contributed by atoms with van der Waals surface area (Å²) in [5.41, 5.74) is 0.602. The van der Waals surface area contributed by atoms with E-state index in [1.54, 1.807) is 19.2 Å². The first kappa shape index (κ1) is 11.0. The minimum atomic E-state index is -0.478. The molecule has 0 saturated heterocycles. The summed E-state index contributed by atoms with van der Waals surface area (Å²) in [6, 6.07) is 1.70. The van der Waals surface area contributed by atoms with E-state index in [2.05, 4.69) is 15.0 Å². The van der Waals surface area contributed by atoms with Gasteiger partial charge in [0.05, 0.1) is 12.3 Å². The van der Waals surface area contributed by atoms with Crippen LogP contribution in [-0.2, 0) is 6.42 Å². The second kappa shape index (κ2) is 4.59. The van der Waals surface area contributed by atoms with E-state index in [4.69, 9.17) is 16.0 Å². The van der Waals surface area contributed by atoms with E-state index < -0.39 is 6.10 Å². The van der Waals surface area contributed by atoms with E-state index in [0.717, 1.165) is 0 Å². The zero-order valence-corrected chi connectivity index (χ0v) is 9.35. The maximum atomic E-state index is 9.23. The monoisotopic (exact) mass is 239 g/mol. The van der Waals surface area contributed by atoms with E-state index in [1.807, 2.05) is 0 Å². The van der Waals surface area contributed by atoms with Crippen LogP contribution in [0.5, 0.6) is 0 Å². The van der Waals surface area contributed by atoms with Crippen LogP contribution in [0, 0.1) is 0 Å². The third-order valence-corrected chi connectivity index (χ3v) is 2.09. The normalized spacial score (nSPS) is 12.7. The Morgan fingerprint density at radius 3 is 2.94 bits per heavy atom. The SMILES string of the molecule is CC(O)Cc1nccc(-c2cnc(Cl)o2)n1. The molecular formula is C10H10ClN3O2. The van der Waals surface area contributed by atoms with Crippen LogP contribution in [0.2, 0.25) is 5.35 Å². The van der Waals surface area contributed by atoms with Crippen LogP contribution in [0.1, 0.15) is 12.7 Å². The predicted molar refractivity (Wildman–Crippen MR) is 57.9 cm³/mol. The summed E-state index contributed by atoms with van der Waals surface area (Å²) in [7, 11) is 0. The lowest BCUT2D eigenvalue weighted by Gasteiger charge is -2.03. The van der Waals surface area contributed by atoms with Crippen molar-refractivity contribution in [3.8, 4) is 11.5 Å². The summed E-state index contributed by atoms with van der Waals surface area (Å²) in [5.74, 6) is 1.04. The highest BCUT2D eigenvalue weighted by molar-refractivity contribution is 6.27. The Labute approximate surface area is 97.1 Å². The predicted octanol–water partition coefficient (Wildman–Crippen LogP) is 1.71. The lowest BCUT2D eigenvalue weighted by atomic mass is 10.2. The minimum absolute atomic E-state index is 0.0747. The lowest BCUT2D eigenvalue weighted by Crippen LogP contribution is -2.08. The third-order valence-electron chi connectivity index (χ3n) is 1.91. The van der Waals surface area contributed by atoms with Gasteiger partial charge in [-0.1, -0.05) is 0 Å². The van der Waals surface area contributed by atoms with Gasteiger partial charge in [-0.2, -0.15) is 0 Å². The average Bonchev–Trinajstić information content (AvgIpc) is 2.64. The lowest BCUT2D eigenvalue weighted by molar-refractivity contribution is 0.193. The number of rotatable bonds is 3. The van der Waals surface area contributed by atoms with Gasteiger partial charge in [0.15, 0.2) is 5.76 Å². The zero-order chi connectivity index (χ0) is 11.5. The smallest absolute Gasteiger partial charge is 0.292 e. The number of aliphatic hydroxyl groups is 1. The second-order valence-electron chi connectivity index (χ2n) is 3.39. The van der Waals surface area contributed by atoms with Crippen LogP contribution in [0.25, 0.3) is 11.5 Å². The fourth-order valence-electron chi connectivity index (χ4n) is 1.27. The molecule has 0 fully saturated rings. The van der Waals surface area contributed by atoms with Crippen LogP contribution in [-0.4, -0.2) is 26.2 Å². The topological polar surface area (TPSA) is 72.0 Å². The largest absolute Gasteiger partial charge is 0.426 e. The molecule has 0 spiro atoms. The fourth-order valence-corrected chi connectivity index (χ4v) is 1.40. The molecule has 0 saturated carbocycles. The number of nitrogens with zero attached hydrogens (tertiary/aromatic N) is 3. The first-order chi connectivity index (χ1) is 7.65. The number of aromatic nitrogens is 3. The highest BCUT2D eigenvalue weighted by Gasteiger charge is 2.08. The molecule has 5 nitrogen and oxygen atoms in total. The average molecular weight is 240 g/mol. The van der Waals surface area contributed by atoms with Crippen molar-refractivity contribution in [2.75, 3.05) is 0 Å². The Morgan fingerprint density at radius 2 is 2.31 bits per heavy atom. The molecule has 6 heteroatoms. The highest BCUT2D eigenvalue weighted by Crippen LogP contribution is 2.20. The molecule has 1 N–H and O–H groups in total. The van der Waals surface area contributed by atoms with E-state index in [-0.39, 0.29) is 5.35 Å². The molecule has 2 heterocycles. The maximum absolute atomic E-state index is 9.23. The van der Waals surface area contributed by atoms with Gasteiger partial charge in [-0.3, -0.25) is 0 Å². The van der Waals surface area contributed by atoms with Gasteiger partial charge in [-0.05, 0) is 24.6 Å². The van der Waals surface area contributed by atoms with Crippen molar-refractivity contribution in [1.29, 1.82) is 0 Å². The summed E-state index contributed by atoms with van der Waals surface area (Å²) in [5, 5.41) is 9.31. The molecule has 1 unspecified atom stereocenters. The van der Waals surface area contributed by atoms with Gasteiger partial charge in [-0.15, -0.1) is 0 Å². The number of hydrogen-bond acceptors (Lipinski definition) is 5. The maximum Gasteiger partial charge on any atom is 0.292 e. The first-order valence-corrected chi connectivity index (χ1v) is 5.14. The van der Waals surface area contributed by atoms with Crippen LogP contribution >= 0.6 is 11.6 Å². The molecule has 2 aromatic rings. The molecule has 84 valence electrons. The molecule has 2 aromatic heterocycles. The highest BCUT2D eigenvalue weighted by atomic mass is 35.5. The molecule has 0 aliphatic heterocycles. The van der Waals surface area contributed by atoms with Gasteiger partial charge in [0.25, 0.3) is 5.35 Å². The molecule has 0 radical (unpaired) electrons. The van der Waals surface area contributed by atoms with Crippen molar-refractivity contribution in [3.63, 3.8) is 0 Å². The van der Waals surface area contributed by atoms with E-state index in [9.17, 15) is 5.11 Å². The van der Waals surface area contributed by atoms with Crippen LogP contribution in [0.3, 0.4) is 0 Å². The van der Waals surface area contributed by atoms with Gasteiger partial charge in [0, 0.05) is 12.6 Å². The molecule has 2 rings (SSSR count). The molecule has 0 aliphatic rings. The Bertz CT molecular complexity index is 484. The summed E-state index contributed by atoms with van der Waals surface area (Å²) in [4.78, 5) is 12.1. The van der Waals surface area contributed by atoms with Gasteiger partial charge in [0.1, 0.15) is 11.5 Å². The van der Waals surface area contributed by atoms with Gasteiger partial charge >= 0.3 is 0 Å². The first-order valence-electron chi connectivity index (χ1n) is 4.77. The Kier molecular flexibility index (Phi) is 3.17.